The van der Waals surface area contributed by atoms with Gasteiger partial charge in [-0.1, -0.05) is 23.2 Å². The average molecular weight is 399 g/mol. The zero-order valence-corrected chi connectivity index (χ0v) is 15.7. The van der Waals surface area contributed by atoms with E-state index in [1.165, 1.54) is 25.1 Å². The quantitative estimate of drug-likeness (QED) is 0.846. The molecule has 8 heteroatoms. The van der Waals surface area contributed by atoms with Gasteiger partial charge in [0.15, 0.2) is 0 Å². The zero-order chi connectivity index (χ0) is 18.2. The highest BCUT2D eigenvalue weighted by Crippen LogP contribution is 2.31. The van der Waals surface area contributed by atoms with Gasteiger partial charge in [0, 0.05) is 24.2 Å². The summed E-state index contributed by atoms with van der Waals surface area (Å²) in [5.74, 6) is -0.0531. The van der Waals surface area contributed by atoms with Crippen molar-refractivity contribution in [1.29, 1.82) is 0 Å². The van der Waals surface area contributed by atoms with Crippen molar-refractivity contribution in [2.24, 2.45) is 0 Å². The zero-order valence-electron chi connectivity index (χ0n) is 13.4. The summed E-state index contributed by atoms with van der Waals surface area (Å²) in [6, 6.07) is 9.32. The maximum atomic E-state index is 12.7. The summed E-state index contributed by atoms with van der Waals surface area (Å²) >= 11 is 11.9. The molecule has 0 saturated heterocycles. The van der Waals surface area contributed by atoms with Gasteiger partial charge in [-0.3, -0.25) is 9.52 Å². The number of sulfonamides is 1. The van der Waals surface area contributed by atoms with Gasteiger partial charge in [0.1, 0.15) is 0 Å². The van der Waals surface area contributed by atoms with Gasteiger partial charge in [-0.15, -0.1) is 0 Å². The third-order valence-corrected chi connectivity index (χ3v) is 5.95. The molecule has 1 N–H and O–H groups in total. The lowest BCUT2D eigenvalue weighted by Crippen LogP contribution is -2.33. The number of hydrogen-bond donors (Lipinski definition) is 1. The highest BCUT2D eigenvalue weighted by Gasteiger charge is 2.23. The minimum Gasteiger partial charge on any atom is -0.312 e. The van der Waals surface area contributed by atoms with E-state index in [0.717, 1.165) is 24.1 Å². The predicted octanol–water partition coefficient (Wildman–Crippen LogP) is 4.09. The summed E-state index contributed by atoms with van der Waals surface area (Å²) in [5, 5.41) is 0.642. The predicted molar refractivity (Wildman–Crippen MR) is 100 cm³/mol. The molecule has 0 bridgehead atoms. The number of halogens is 2. The Balaban J connectivity index is 1.94. The number of hydrogen-bond acceptors (Lipinski definition) is 3. The number of aryl methyl sites for hydroxylation is 1. The molecule has 2 aromatic carbocycles. The molecule has 1 aliphatic rings. The second kappa shape index (κ2) is 6.86. The monoisotopic (exact) mass is 398 g/mol. The molecule has 25 heavy (non-hydrogen) atoms. The van der Waals surface area contributed by atoms with Crippen LogP contribution in [0.2, 0.25) is 10.0 Å². The van der Waals surface area contributed by atoms with Crippen LogP contribution in [0.1, 0.15) is 18.9 Å². The lowest BCUT2D eigenvalue weighted by Gasteiger charge is -2.28. The molecule has 5 nitrogen and oxygen atoms in total. The molecular formula is C17H16Cl2N2O3S. The van der Waals surface area contributed by atoms with Crippen LogP contribution in [-0.2, 0) is 21.2 Å². The van der Waals surface area contributed by atoms with E-state index in [1.54, 1.807) is 23.1 Å². The van der Waals surface area contributed by atoms with Crippen LogP contribution < -0.4 is 9.62 Å². The number of carbonyl (C=O) groups is 1. The number of nitrogens with zero attached hydrogens (tertiary/aromatic N) is 1. The van der Waals surface area contributed by atoms with Crippen LogP contribution in [0.25, 0.3) is 0 Å². The molecule has 0 unspecified atom stereocenters. The molecule has 0 saturated carbocycles. The summed E-state index contributed by atoms with van der Waals surface area (Å²) in [4.78, 5) is 13.5. The smallest absolute Gasteiger partial charge is 0.261 e. The van der Waals surface area contributed by atoms with Crippen molar-refractivity contribution >= 4 is 50.5 Å². The van der Waals surface area contributed by atoms with E-state index in [1.807, 2.05) is 0 Å². The van der Waals surface area contributed by atoms with Crippen LogP contribution in [0, 0.1) is 0 Å². The normalized spacial score (nSPS) is 14.1. The van der Waals surface area contributed by atoms with Crippen LogP contribution in [0.4, 0.5) is 11.4 Å². The standard InChI is InChI=1S/C17H16Cl2N2O3S/c1-11(22)21-8-2-3-12-9-14(5-7-17(12)21)25(23,24)20-16-6-4-13(18)10-15(16)19/h4-7,9-10,20H,2-3,8H2,1H3. The van der Waals surface area contributed by atoms with E-state index >= 15 is 0 Å². The Labute approximate surface area is 156 Å². The molecule has 1 aliphatic heterocycles. The van der Waals surface area contributed by atoms with Crippen LogP contribution >= 0.6 is 23.2 Å². The molecular weight excluding hydrogens is 383 g/mol. The number of anilines is 2. The van der Waals surface area contributed by atoms with E-state index in [0.29, 0.717) is 11.6 Å². The number of rotatable bonds is 3. The summed E-state index contributed by atoms with van der Waals surface area (Å²) in [6.07, 6.45) is 1.52. The summed E-state index contributed by atoms with van der Waals surface area (Å²) in [6.45, 7) is 2.15. The fourth-order valence-corrected chi connectivity index (χ4v) is 4.49. The number of nitrogens with one attached hydrogen (secondary N) is 1. The Morgan fingerprint density at radius 3 is 2.60 bits per heavy atom. The van der Waals surface area contributed by atoms with Crippen molar-refractivity contribution in [3.63, 3.8) is 0 Å². The van der Waals surface area contributed by atoms with Crippen LogP contribution in [0.15, 0.2) is 41.3 Å². The van der Waals surface area contributed by atoms with Gasteiger partial charge in [0.05, 0.1) is 15.6 Å². The SMILES string of the molecule is CC(=O)N1CCCc2cc(S(=O)(=O)Nc3ccc(Cl)cc3Cl)ccc21. The maximum Gasteiger partial charge on any atom is 0.261 e. The van der Waals surface area contributed by atoms with Crippen molar-refractivity contribution in [1.82, 2.24) is 0 Å². The van der Waals surface area contributed by atoms with Crippen molar-refractivity contribution < 1.29 is 13.2 Å². The van der Waals surface area contributed by atoms with Gasteiger partial charge < -0.3 is 4.90 Å². The second-order valence-electron chi connectivity index (χ2n) is 5.79. The van der Waals surface area contributed by atoms with Gasteiger partial charge in [-0.05, 0) is 54.8 Å². The summed E-state index contributed by atoms with van der Waals surface area (Å²) < 4.78 is 27.8. The lowest BCUT2D eigenvalue weighted by molar-refractivity contribution is -0.116. The van der Waals surface area contributed by atoms with Gasteiger partial charge in [-0.25, -0.2) is 8.42 Å². The largest absolute Gasteiger partial charge is 0.312 e. The van der Waals surface area contributed by atoms with Gasteiger partial charge in [0.25, 0.3) is 10.0 Å². The molecule has 2 aromatic rings. The Kier molecular flexibility index (Phi) is 4.95. The van der Waals surface area contributed by atoms with E-state index in [2.05, 4.69) is 4.72 Å². The minimum atomic E-state index is -3.80. The molecule has 0 aromatic heterocycles. The van der Waals surface area contributed by atoms with E-state index in [4.69, 9.17) is 23.2 Å². The first-order valence-electron chi connectivity index (χ1n) is 7.67. The van der Waals surface area contributed by atoms with Crippen LogP contribution in [-0.4, -0.2) is 20.9 Å². The summed E-state index contributed by atoms with van der Waals surface area (Å²) in [5.41, 5.74) is 1.86. The molecule has 1 amide bonds. The van der Waals surface area contributed by atoms with Crippen molar-refractivity contribution in [3.8, 4) is 0 Å². The van der Waals surface area contributed by atoms with Gasteiger partial charge >= 0.3 is 0 Å². The van der Waals surface area contributed by atoms with E-state index < -0.39 is 10.0 Å². The first-order chi connectivity index (χ1) is 11.8. The fraction of sp³-hybridized carbons (Fsp3) is 0.235. The Hall–Kier alpha value is -1.76. The van der Waals surface area contributed by atoms with E-state index in [-0.39, 0.29) is 21.5 Å². The van der Waals surface area contributed by atoms with Crippen LogP contribution in [0.3, 0.4) is 0 Å². The number of carbonyl (C=O) groups excluding carboxylic acids is 1. The molecule has 0 aliphatic carbocycles. The van der Waals surface area contributed by atoms with Crippen molar-refractivity contribution in [2.75, 3.05) is 16.2 Å². The van der Waals surface area contributed by atoms with Crippen LogP contribution in [0.5, 0.6) is 0 Å². The third-order valence-electron chi connectivity index (χ3n) is 4.04. The topological polar surface area (TPSA) is 66.5 Å². The molecule has 0 atom stereocenters. The third kappa shape index (κ3) is 3.76. The van der Waals surface area contributed by atoms with Gasteiger partial charge in [-0.2, -0.15) is 0 Å². The molecule has 0 fully saturated rings. The second-order valence-corrected chi connectivity index (χ2v) is 8.32. The number of benzene rings is 2. The Morgan fingerprint density at radius 2 is 1.92 bits per heavy atom. The highest BCUT2D eigenvalue weighted by atomic mass is 35.5. The maximum absolute atomic E-state index is 12.7. The number of fused-ring (bicyclic) bond motifs is 1. The van der Waals surface area contributed by atoms with Gasteiger partial charge in [0.2, 0.25) is 5.91 Å². The lowest BCUT2D eigenvalue weighted by atomic mass is 10.0. The minimum absolute atomic E-state index is 0.0531. The molecule has 132 valence electrons. The number of amides is 1. The first kappa shape index (κ1) is 18.0. The highest BCUT2D eigenvalue weighted by molar-refractivity contribution is 7.92. The molecule has 0 radical (unpaired) electrons. The molecule has 1 heterocycles. The average Bonchev–Trinajstić information content (AvgIpc) is 2.56. The van der Waals surface area contributed by atoms with Crippen molar-refractivity contribution in [3.05, 3.63) is 52.0 Å². The summed E-state index contributed by atoms with van der Waals surface area (Å²) in [7, 11) is -3.80. The Bertz CT molecular complexity index is 945. The Morgan fingerprint density at radius 1 is 1.16 bits per heavy atom. The fourth-order valence-electron chi connectivity index (χ4n) is 2.84. The van der Waals surface area contributed by atoms with E-state index in [9.17, 15) is 13.2 Å². The van der Waals surface area contributed by atoms with Crippen molar-refractivity contribution in [2.45, 2.75) is 24.7 Å². The first-order valence-corrected chi connectivity index (χ1v) is 9.91. The molecule has 3 rings (SSSR count). The molecule has 0 spiro atoms.